The van der Waals surface area contributed by atoms with Gasteiger partial charge in [0.15, 0.2) is 0 Å². The van der Waals surface area contributed by atoms with Crippen LogP contribution in [0.3, 0.4) is 0 Å². The molecular weight excluding hydrogens is 532 g/mol. The predicted molar refractivity (Wildman–Crippen MR) is 144 cm³/mol. The standard InChI is InChI=1S/C26H25BrN2O3S2/c1-2-32-24(30)12-13-28-25(31)23(34-26(28)33)15-16-6-11-22-20(14-16)19-4-3-5-21(19)29(22)18-9-7-17(27)8-10-18/h6-11,14-15,19,21H,2-5,12-13H2,1H3/b23-15+. The molecule has 0 bridgehead atoms. The van der Waals surface area contributed by atoms with Crippen molar-refractivity contribution in [3.05, 3.63) is 63.0 Å². The van der Waals surface area contributed by atoms with Crippen molar-refractivity contribution in [2.24, 2.45) is 0 Å². The number of rotatable bonds is 6. The van der Waals surface area contributed by atoms with Crippen LogP contribution < -0.4 is 4.90 Å². The molecule has 0 aromatic heterocycles. The molecule has 1 aliphatic carbocycles. The van der Waals surface area contributed by atoms with Crippen molar-refractivity contribution in [2.45, 2.75) is 44.6 Å². The lowest BCUT2D eigenvalue weighted by molar-refractivity contribution is -0.143. The fourth-order valence-corrected chi connectivity index (χ4v) is 6.76. The molecule has 2 aromatic rings. The Morgan fingerprint density at radius 2 is 2.03 bits per heavy atom. The third-order valence-corrected chi connectivity index (χ3v) is 8.55. The number of esters is 1. The molecule has 1 saturated heterocycles. The predicted octanol–water partition coefficient (Wildman–Crippen LogP) is 6.39. The van der Waals surface area contributed by atoms with Crippen LogP contribution in [0.2, 0.25) is 0 Å². The van der Waals surface area contributed by atoms with Crippen molar-refractivity contribution < 1.29 is 14.3 Å². The van der Waals surface area contributed by atoms with Gasteiger partial charge in [-0.05, 0) is 73.4 Å². The van der Waals surface area contributed by atoms with E-state index >= 15 is 0 Å². The third kappa shape index (κ3) is 4.43. The first-order valence-corrected chi connectivity index (χ1v) is 13.6. The lowest BCUT2D eigenvalue weighted by Gasteiger charge is -2.27. The summed E-state index contributed by atoms with van der Waals surface area (Å²) in [5.41, 5.74) is 4.84. The molecule has 0 radical (unpaired) electrons. The van der Waals surface area contributed by atoms with Gasteiger partial charge in [-0.15, -0.1) is 0 Å². The summed E-state index contributed by atoms with van der Waals surface area (Å²) in [6.45, 7) is 2.34. The molecule has 2 aliphatic heterocycles. The summed E-state index contributed by atoms with van der Waals surface area (Å²) in [5.74, 6) is 0.0432. The second-order valence-electron chi connectivity index (χ2n) is 8.66. The van der Waals surface area contributed by atoms with E-state index in [1.54, 1.807) is 6.92 Å². The average molecular weight is 558 g/mol. The van der Waals surface area contributed by atoms with Gasteiger partial charge in [-0.3, -0.25) is 14.5 Å². The van der Waals surface area contributed by atoms with Crippen molar-refractivity contribution in [1.29, 1.82) is 0 Å². The van der Waals surface area contributed by atoms with E-state index in [0.29, 0.717) is 27.8 Å². The molecule has 176 valence electrons. The van der Waals surface area contributed by atoms with Gasteiger partial charge in [0.2, 0.25) is 0 Å². The zero-order chi connectivity index (χ0) is 23.8. The average Bonchev–Trinajstić information content (AvgIpc) is 3.47. The van der Waals surface area contributed by atoms with E-state index in [-0.39, 0.29) is 24.8 Å². The Morgan fingerprint density at radius 1 is 1.24 bits per heavy atom. The van der Waals surface area contributed by atoms with E-state index in [1.165, 1.54) is 52.9 Å². The fourth-order valence-electron chi connectivity index (χ4n) is 5.18. The van der Waals surface area contributed by atoms with Gasteiger partial charge in [0.1, 0.15) is 4.32 Å². The Labute approximate surface area is 217 Å². The summed E-state index contributed by atoms with van der Waals surface area (Å²) in [6, 6.07) is 15.5. The number of nitrogens with zero attached hydrogens (tertiary/aromatic N) is 2. The van der Waals surface area contributed by atoms with Gasteiger partial charge in [0.25, 0.3) is 5.91 Å². The topological polar surface area (TPSA) is 49.9 Å². The van der Waals surface area contributed by atoms with Gasteiger partial charge in [0, 0.05) is 34.4 Å². The van der Waals surface area contributed by atoms with E-state index in [2.05, 4.69) is 63.3 Å². The van der Waals surface area contributed by atoms with Crippen LogP contribution in [0.25, 0.3) is 6.08 Å². The molecule has 8 heteroatoms. The van der Waals surface area contributed by atoms with Crippen LogP contribution in [-0.4, -0.2) is 40.3 Å². The van der Waals surface area contributed by atoms with Crippen LogP contribution in [-0.2, 0) is 14.3 Å². The second-order valence-corrected chi connectivity index (χ2v) is 11.2. The van der Waals surface area contributed by atoms with Crippen molar-refractivity contribution in [3.63, 3.8) is 0 Å². The third-order valence-electron chi connectivity index (χ3n) is 6.64. The second kappa shape index (κ2) is 9.84. The molecule has 2 unspecified atom stereocenters. The highest BCUT2D eigenvalue weighted by atomic mass is 79.9. The Balaban J connectivity index is 1.39. The molecule has 5 rings (SSSR count). The SMILES string of the molecule is CCOC(=O)CCN1C(=O)/C(=C\c2ccc3c(c2)C2CCCC2N3c2ccc(Br)cc2)SC1=S. The maximum atomic E-state index is 13.0. The van der Waals surface area contributed by atoms with Gasteiger partial charge in [0.05, 0.1) is 17.9 Å². The van der Waals surface area contributed by atoms with Gasteiger partial charge < -0.3 is 9.64 Å². The zero-order valence-corrected chi connectivity index (χ0v) is 22.0. The molecule has 0 N–H and O–H groups in total. The van der Waals surface area contributed by atoms with Crippen molar-refractivity contribution >= 4 is 73.6 Å². The van der Waals surface area contributed by atoms with Crippen molar-refractivity contribution in [2.75, 3.05) is 18.1 Å². The number of fused-ring (bicyclic) bond motifs is 3. The summed E-state index contributed by atoms with van der Waals surface area (Å²) >= 11 is 10.2. The van der Waals surface area contributed by atoms with Crippen LogP contribution in [0, 0.1) is 0 Å². The Bertz CT molecular complexity index is 1180. The van der Waals surface area contributed by atoms with Crippen LogP contribution in [0.5, 0.6) is 0 Å². The lowest BCUT2D eigenvalue weighted by Crippen LogP contribution is -2.30. The maximum Gasteiger partial charge on any atom is 0.307 e. The minimum Gasteiger partial charge on any atom is -0.466 e. The highest BCUT2D eigenvalue weighted by Gasteiger charge is 2.42. The van der Waals surface area contributed by atoms with E-state index in [9.17, 15) is 9.59 Å². The van der Waals surface area contributed by atoms with Crippen LogP contribution in [0.1, 0.15) is 49.7 Å². The quantitative estimate of drug-likeness (QED) is 0.233. The lowest BCUT2D eigenvalue weighted by atomic mass is 9.96. The number of thioether (sulfide) groups is 1. The first-order chi connectivity index (χ1) is 16.5. The smallest absolute Gasteiger partial charge is 0.307 e. The van der Waals surface area contributed by atoms with Crippen molar-refractivity contribution in [1.82, 2.24) is 4.90 Å². The molecule has 34 heavy (non-hydrogen) atoms. The van der Waals surface area contributed by atoms with E-state index < -0.39 is 0 Å². The molecule has 3 aliphatic rings. The maximum absolute atomic E-state index is 13.0. The number of thiocarbonyl (C=S) groups is 1. The summed E-state index contributed by atoms with van der Waals surface area (Å²) in [7, 11) is 0. The van der Waals surface area contributed by atoms with Gasteiger partial charge >= 0.3 is 5.97 Å². The number of amides is 1. The van der Waals surface area contributed by atoms with Crippen LogP contribution >= 0.6 is 39.9 Å². The first-order valence-electron chi connectivity index (χ1n) is 11.6. The number of halogens is 1. The zero-order valence-electron chi connectivity index (χ0n) is 18.8. The number of benzene rings is 2. The summed E-state index contributed by atoms with van der Waals surface area (Å²) in [4.78, 5) is 29.2. The molecule has 2 atom stereocenters. The number of ether oxygens (including phenoxy) is 1. The molecule has 2 heterocycles. The normalized spacial score (nSPS) is 22.5. The molecule has 2 fully saturated rings. The number of anilines is 2. The van der Waals surface area contributed by atoms with Crippen molar-refractivity contribution in [3.8, 4) is 0 Å². The van der Waals surface area contributed by atoms with Gasteiger partial charge in [-0.2, -0.15) is 0 Å². The van der Waals surface area contributed by atoms with Crippen LogP contribution in [0.4, 0.5) is 11.4 Å². The van der Waals surface area contributed by atoms with E-state index in [1.807, 2.05) is 6.08 Å². The molecule has 5 nitrogen and oxygen atoms in total. The molecule has 1 saturated carbocycles. The Morgan fingerprint density at radius 3 is 2.79 bits per heavy atom. The fraction of sp³-hybridized carbons (Fsp3) is 0.346. The van der Waals surface area contributed by atoms with E-state index in [0.717, 1.165) is 10.0 Å². The van der Waals surface area contributed by atoms with Crippen LogP contribution in [0.15, 0.2) is 51.8 Å². The summed E-state index contributed by atoms with van der Waals surface area (Å²) in [6.07, 6.45) is 5.66. The summed E-state index contributed by atoms with van der Waals surface area (Å²) < 4.78 is 6.53. The number of carbonyl (C=O) groups excluding carboxylic acids is 2. The van der Waals surface area contributed by atoms with E-state index in [4.69, 9.17) is 17.0 Å². The number of hydrogen-bond donors (Lipinski definition) is 0. The molecule has 1 amide bonds. The Kier molecular flexibility index (Phi) is 6.82. The summed E-state index contributed by atoms with van der Waals surface area (Å²) in [5, 5.41) is 0. The number of hydrogen-bond acceptors (Lipinski definition) is 6. The highest BCUT2D eigenvalue weighted by Crippen LogP contribution is 2.52. The highest BCUT2D eigenvalue weighted by molar-refractivity contribution is 9.10. The minimum atomic E-state index is -0.319. The Hall–Kier alpha value is -2.16. The number of carbonyl (C=O) groups is 2. The first kappa shape index (κ1) is 23.6. The molecule has 0 spiro atoms. The molecular formula is C26H25BrN2O3S2. The largest absolute Gasteiger partial charge is 0.466 e. The molecule has 2 aromatic carbocycles. The van der Waals surface area contributed by atoms with Gasteiger partial charge in [-0.25, -0.2) is 0 Å². The van der Waals surface area contributed by atoms with Gasteiger partial charge in [-0.1, -0.05) is 52.4 Å². The monoisotopic (exact) mass is 556 g/mol. The minimum absolute atomic E-state index is 0.140.